The molecule has 1 amide bonds. The molecule has 2 heterocycles. The molecule has 0 saturated carbocycles. The monoisotopic (exact) mass is 392 g/mol. The fraction of sp³-hybridized carbons (Fsp3) is 0.636. The summed E-state index contributed by atoms with van der Waals surface area (Å²) < 4.78 is 6.08. The third-order valence-corrected chi connectivity index (χ3v) is 5.13. The molecular weight excluding hydrogens is 360 g/mol. The van der Waals surface area contributed by atoms with Crippen LogP contribution in [0.2, 0.25) is 5.15 Å². The first kappa shape index (κ1) is 21.7. The van der Waals surface area contributed by atoms with Gasteiger partial charge in [-0.3, -0.25) is 4.79 Å². The van der Waals surface area contributed by atoms with Crippen LogP contribution in [0.3, 0.4) is 0 Å². The number of hydrogen-bond acceptors (Lipinski definition) is 3. The van der Waals surface area contributed by atoms with Crippen molar-refractivity contribution in [2.24, 2.45) is 11.3 Å². The van der Waals surface area contributed by atoms with Crippen molar-refractivity contribution in [3.63, 3.8) is 0 Å². The van der Waals surface area contributed by atoms with Gasteiger partial charge in [0, 0.05) is 25.6 Å². The maximum Gasteiger partial charge on any atom is 0.223 e. The summed E-state index contributed by atoms with van der Waals surface area (Å²) in [6, 6.07) is 1.93. The van der Waals surface area contributed by atoms with Crippen LogP contribution in [0.1, 0.15) is 65.9 Å². The molecule has 0 aromatic carbocycles. The van der Waals surface area contributed by atoms with Crippen molar-refractivity contribution in [1.82, 2.24) is 9.88 Å². The standard InChI is InChI=1S/C22H33ClN2O2/c1-6-16(2)8-7-9-17-12-19(21(23)24-14-17)27-18-10-11-25(15-18)20(26)13-22(3,4)5/h7,9,12,14,16,18H,6,8,10-11,13,15H2,1-5H3/b9-7+/t16-,18-/m1/s1. The Morgan fingerprint density at radius 2 is 2.22 bits per heavy atom. The molecular formula is C22H33ClN2O2. The summed E-state index contributed by atoms with van der Waals surface area (Å²) in [5, 5.41) is 0.369. The van der Waals surface area contributed by atoms with E-state index in [0.717, 1.165) is 24.9 Å². The Kier molecular flexibility index (Phi) is 7.72. The first-order chi connectivity index (χ1) is 12.7. The maximum absolute atomic E-state index is 12.4. The van der Waals surface area contributed by atoms with E-state index >= 15 is 0 Å². The second-order valence-corrected chi connectivity index (χ2v) is 9.17. The SMILES string of the molecule is CC[C@@H](C)C/C=C/c1cnc(Cl)c(O[C@@H]2CCN(C(=O)CC(C)(C)C)C2)c1. The first-order valence-corrected chi connectivity index (χ1v) is 10.3. The van der Waals surface area contributed by atoms with Gasteiger partial charge in [0.25, 0.3) is 0 Å². The summed E-state index contributed by atoms with van der Waals surface area (Å²) in [4.78, 5) is 18.5. The molecule has 0 radical (unpaired) electrons. The molecule has 5 heteroatoms. The Balaban J connectivity index is 1.95. The molecule has 0 aliphatic carbocycles. The zero-order chi connectivity index (χ0) is 20.0. The zero-order valence-electron chi connectivity index (χ0n) is 17.3. The number of likely N-dealkylation sites (tertiary alicyclic amines) is 1. The number of amides is 1. The van der Waals surface area contributed by atoms with Gasteiger partial charge in [-0.25, -0.2) is 4.98 Å². The summed E-state index contributed by atoms with van der Waals surface area (Å²) in [7, 11) is 0. The third kappa shape index (κ3) is 7.17. The molecule has 1 aliphatic heterocycles. The second-order valence-electron chi connectivity index (χ2n) is 8.81. The Morgan fingerprint density at radius 1 is 1.48 bits per heavy atom. The number of ether oxygens (including phenoxy) is 1. The molecule has 2 rings (SSSR count). The molecule has 1 aromatic heterocycles. The van der Waals surface area contributed by atoms with Crippen LogP contribution in [0.15, 0.2) is 18.3 Å². The van der Waals surface area contributed by atoms with Crippen LogP contribution in [0, 0.1) is 11.3 Å². The van der Waals surface area contributed by atoms with Crippen LogP contribution in [0.4, 0.5) is 0 Å². The second kappa shape index (κ2) is 9.59. The number of hydrogen-bond donors (Lipinski definition) is 0. The van der Waals surface area contributed by atoms with Crippen molar-refractivity contribution in [3.05, 3.63) is 29.1 Å². The highest BCUT2D eigenvalue weighted by Crippen LogP contribution is 2.28. The Morgan fingerprint density at radius 3 is 2.89 bits per heavy atom. The highest BCUT2D eigenvalue weighted by Gasteiger charge is 2.30. The predicted octanol–water partition coefficient (Wildman–Crippen LogP) is 5.60. The molecule has 1 aromatic rings. The lowest BCUT2D eigenvalue weighted by Gasteiger charge is -2.23. The number of pyridine rings is 1. The minimum atomic E-state index is -0.0347. The lowest BCUT2D eigenvalue weighted by atomic mass is 9.92. The van der Waals surface area contributed by atoms with Gasteiger partial charge in [0.2, 0.25) is 5.91 Å². The number of allylic oxidation sites excluding steroid dienone is 1. The minimum Gasteiger partial charge on any atom is -0.485 e. The first-order valence-electron chi connectivity index (χ1n) is 9.94. The summed E-state index contributed by atoms with van der Waals surface area (Å²) in [5.74, 6) is 1.46. The van der Waals surface area contributed by atoms with E-state index in [1.165, 1.54) is 6.42 Å². The van der Waals surface area contributed by atoms with Gasteiger partial charge >= 0.3 is 0 Å². The summed E-state index contributed by atoms with van der Waals surface area (Å²) in [5.41, 5.74) is 0.982. The topological polar surface area (TPSA) is 42.4 Å². The van der Waals surface area contributed by atoms with Crippen LogP contribution in [-0.4, -0.2) is 35.0 Å². The number of halogens is 1. The molecule has 1 aliphatic rings. The Hall–Kier alpha value is -1.55. The van der Waals surface area contributed by atoms with Gasteiger partial charge in [0.05, 0.1) is 6.54 Å². The van der Waals surface area contributed by atoms with Gasteiger partial charge in [0.15, 0.2) is 10.9 Å². The van der Waals surface area contributed by atoms with Crippen molar-refractivity contribution in [1.29, 1.82) is 0 Å². The van der Waals surface area contributed by atoms with Crippen molar-refractivity contribution in [2.45, 2.75) is 66.4 Å². The van der Waals surface area contributed by atoms with Crippen molar-refractivity contribution >= 4 is 23.6 Å². The number of nitrogens with zero attached hydrogens (tertiary/aromatic N) is 2. The van der Waals surface area contributed by atoms with Crippen LogP contribution in [0.5, 0.6) is 5.75 Å². The minimum absolute atomic E-state index is 0.000799. The molecule has 2 atom stereocenters. The molecule has 4 nitrogen and oxygen atoms in total. The van der Waals surface area contributed by atoms with Crippen LogP contribution in [0.25, 0.3) is 6.08 Å². The van der Waals surface area contributed by atoms with Gasteiger partial charge in [0.1, 0.15) is 6.10 Å². The van der Waals surface area contributed by atoms with Gasteiger partial charge < -0.3 is 9.64 Å². The predicted molar refractivity (Wildman–Crippen MR) is 112 cm³/mol. The van der Waals surface area contributed by atoms with E-state index in [2.05, 4.69) is 51.8 Å². The molecule has 0 unspecified atom stereocenters. The fourth-order valence-corrected chi connectivity index (χ4v) is 3.16. The molecule has 1 saturated heterocycles. The molecule has 150 valence electrons. The van der Waals surface area contributed by atoms with Gasteiger partial charge in [-0.2, -0.15) is 0 Å². The van der Waals surface area contributed by atoms with Crippen molar-refractivity contribution in [2.75, 3.05) is 13.1 Å². The molecule has 1 fully saturated rings. The van der Waals surface area contributed by atoms with E-state index in [4.69, 9.17) is 16.3 Å². The average Bonchev–Trinajstić information content (AvgIpc) is 3.05. The van der Waals surface area contributed by atoms with Crippen LogP contribution < -0.4 is 4.74 Å². The van der Waals surface area contributed by atoms with Crippen LogP contribution in [-0.2, 0) is 4.79 Å². The van der Waals surface area contributed by atoms with Crippen molar-refractivity contribution < 1.29 is 9.53 Å². The smallest absolute Gasteiger partial charge is 0.223 e. The zero-order valence-corrected chi connectivity index (χ0v) is 18.1. The number of aromatic nitrogens is 1. The van der Waals surface area contributed by atoms with E-state index in [1.54, 1.807) is 6.20 Å². The number of carbonyl (C=O) groups is 1. The maximum atomic E-state index is 12.4. The molecule has 0 N–H and O–H groups in total. The largest absolute Gasteiger partial charge is 0.485 e. The highest BCUT2D eigenvalue weighted by molar-refractivity contribution is 6.30. The molecule has 0 bridgehead atoms. The summed E-state index contributed by atoms with van der Waals surface area (Å²) in [6.45, 7) is 12.0. The third-order valence-electron chi connectivity index (χ3n) is 4.85. The highest BCUT2D eigenvalue weighted by atomic mass is 35.5. The molecule has 0 spiro atoms. The van der Waals surface area contributed by atoms with E-state index in [9.17, 15) is 4.79 Å². The Labute approximate surface area is 168 Å². The van der Waals surface area contributed by atoms with E-state index in [-0.39, 0.29) is 17.4 Å². The summed E-state index contributed by atoms with van der Waals surface area (Å²) >= 11 is 6.23. The normalized spacial score (nSPS) is 18.9. The van der Waals surface area contributed by atoms with E-state index < -0.39 is 0 Å². The lowest BCUT2D eigenvalue weighted by molar-refractivity contribution is -0.132. The average molecular weight is 393 g/mol. The van der Waals surface area contributed by atoms with Gasteiger partial charge in [-0.15, -0.1) is 0 Å². The van der Waals surface area contributed by atoms with Gasteiger partial charge in [-0.05, 0) is 29.4 Å². The van der Waals surface area contributed by atoms with Crippen LogP contribution >= 0.6 is 11.6 Å². The van der Waals surface area contributed by atoms with E-state index in [0.29, 0.717) is 29.8 Å². The van der Waals surface area contributed by atoms with Gasteiger partial charge in [-0.1, -0.05) is 64.8 Å². The lowest BCUT2D eigenvalue weighted by Crippen LogP contribution is -2.33. The summed E-state index contributed by atoms with van der Waals surface area (Å²) in [6.07, 6.45) is 9.55. The number of rotatable bonds is 7. The Bertz CT molecular complexity index is 667. The quantitative estimate of drug-likeness (QED) is 0.567. The number of carbonyl (C=O) groups excluding carboxylic acids is 1. The van der Waals surface area contributed by atoms with Crippen molar-refractivity contribution in [3.8, 4) is 5.75 Å². The van der Waals surface area contributed by atoms with E-state index in [1.807, 2.05) is 11.0 Å². The molecule has 27 heavy (non-hydrogen) atoms. The fourth-order valence-electron chi connectivity index (χ4n) is 3.02.